The van der Waals surface area contributed by atoms with E-state index in [2.05, 4.69) is 55.1 Å². The first-order chi connectivity index (χ1) is 14.3. The Morgan fingerprint density at radius 2 is 1.81 bits per heavy atom. The van der Waals surface area contributed by atoms with E-state index in [0.29, 0.717) is 12.5 Å². The van der Waals surface area contributed by atoms with Gasteiger partial charge in [0, 0.05) is 56.6 Å². The molecule has 2 aliphatic rings. The minimum Gasteiger partial charge on any atom is -0.357 e. The number of carbonyl (C=O) groups excluding carboxylic acids is 1. The lowest BCUT2D eigenvalue weighted by atomic mass is 9.98. The summed E-state index contributed by atoms with van der Waals surface area (Å²) in [6.45, 7) is 17.6. The minimum absolute atomic E-state index is 0. The van der Waals surface area contributed by atoms with Crippen LogP contribution in [0.4, 0.5) is 0 Å². The molecule has 7 nitrogen and oxygen atoms in total. The van der Waals surface area contributed by atoms with Gasteiger partial charge in [-0.15, -0.1) is 35.3 Å². The van der Waals surface area contributed by atoms with Crippen molar-refractivity contribution in [3.63, 3.8) is 0 Å². The number of amides is 1. The predicted octanol–water partition coefficient (Wildman–Crippen LogP) is 3.15. The lowest BCUT2D eigenvalue weighted by molar-refractivity contribution is -0.135. The van der Waals surface area contributed by atoms with E-state index in [-0.39, 0.29) is 35.4 Å². The van der Waals surface area contributed by atoms with Gasteiger partial charge in [0.2, 0.25) is 5.91 Å². The Balaban J connectivity index is 0.00000341. The van der Waals surface area contributed by atoms with E-state index in [1.54, 1.807) is 11.3 Å². The molecule has 0 aliphatic carbocycles. The molecule has 1 atom stereocenters. The van der Waals surface area contributed by atoms with Crippen LogP contribution in [0.2, 0.25) is 0 Å². The molecule has 3 rings (SSSR count). The number of nitrogens with zero attached hydrogens (tertiary/aromatic N) is 5. The highest BCUT2D eigenvalue weighted by Crippen LogP contribution is 2.25. The first-order valence-corrected chi connectivity index (χ1v) is 12.2. The number of halogens is 1. The standard InChI is InChI=1S/C22H38N6OS.HI/c1-6-23-21(24-15-18-16-30-20(25-18)22(3,4)5)28-13-11-26(12-14-28)17(2)19(29)27-9-7-8-10-27;/h16-17H,6-15H2,1-5H3,(H,23,24);1H. The number of aliphatic imine (C=N–C) groups is 1. The second kappa shape index (κ2) is 11.8. The van der Waals surface area contributed by atoms with E-state index in [1.807, 2.05) is 4.90 Å². The van der Waals surface area contributed by atoms with Gasteiger partial charge >= 0.3 is 0 Å². The molecule has 31 heavy (non-hydrogen) atoms. The summed E-state index contributed by atoms with van der Waals surface area (Å²) in [5, 5.41) is 6.71. The maximum Gasteiger partial charge on any atom is 0.239 e. The van der Waals surface area contributed by atoms with Gasteiger partial charge in [-0.05, 0) is 26.7 Å². The number of carbonyl (C=O) groups is 1. The quantitative estimate of drug-likeness (QED) is 0.340. The van der Waals surface area contributed by atoms with Crippen molar-refractivity contribution in [1.29, 1.82) is 0 Å². The fourth-order valence-corrected chi connectivity index (χ4v) is 4.88. The number of hydrogen-bond acceptors (Lipinski definition) is 5. The predicted molar refractivity (Wildman–Crippen MR) is 139 cm³/mol. The van der Waals surface area contributed by atoms with Crippen LogP contribution in [-0.2, 0) is 16.8 Å². The molecule has 1 N–H and O–H groups in total. The molecule has 176 valence electrons. The summed E-state index contributed by atoms with van der Waals surface area (Å²) in [5.41, 5.74) is 1.11. The van der Waals surface area contributed by atoms with E-state index < -0.39 is 0 Å². The Labute approximate surface area is 208 Å². The molecule has 0 aromatic carbocycles. The summed E-state index contributed by atoms with van der Waals surface area (Å²) >= 11 is 1.72. The van der Waals surface area contributed by atoms with E-state index in [0.717, 1.165) is 75.3 Å². The molecule has 0 spiro atoms. The minimum atomic E-state index is -0.0319. The van der Waals surface area contributed by atoms with Gasteiger partial charge in [-0.25, -0.2) is 9.98 Å². The summed E-state index contributed by atoms with van der Waals surface area (Å²) in [6.07, 6.45) is 2.29. The van der Waals surface area contributed by atoms with Crippen LogP contribution < -0.4 is 5.32 Å². The largest absolute Gasteiger partial charge is 0.357 e. The molecular formula is C22H39IN6OS. The monoisotopic (exact) mass is 562 g/mol. The smallest absolute Gasteiger partial charge is 0.239 e. The number of rotatable bonds is 5. The molecule has 2 aliphatic heterocycles. The third-order valence-corrected chi connectivity index (χ3v) is 7.17. The van der Waals surface area contributed by atoms with Gasteiger partial charge < -0.3 is 15.1 Å². The fraction of sp³-hybridized carbons (Fsp3) is 0.773. The van der Waals surface area contributed by atoms with Gasteiger partial charge in [-0.2, -0.15) is 0 Å². The second-order valence-electron chi connectivity index (χ2n) is 9.30. The number of nitrogens with one attached hydrogen (secondary N) is 1. The van der Waals surface area contributed by atoms with Gasteiger partial charge in [-0.3, -0.25) is 9.69 Å². The van der Waals surface area contributed by atoms with Crippen LogP contribution in [0, 0.1) is 0 Å². The third-order valence-electron chi connectivity index (χ3n) is 5.86. The Hall–Kier alpha value is -0.940. The summed E-state index contributed by atoms with van der Waals surface area (Å²) in [5.74, 6) is 1.24. The molecular weight excluding hydrogens is 523 g/mol. The van der Waals surface area contributed by atoms with Gasteiger partial charge in [-0.1, -0.05) is 20.8 Å². The van der Waals surface area contributed by atoms with Gasteiger partial charge in [0.15, 0.2) is 5.96 Å². The van der Waals surface area contributed by atoms with Crippen molar-refractivity contribution < 1.29 is 4.79 Å². The Kier molecular flexibility index (Phi) is 10.0. The highest BCUT2D eigenvalue weighted by atomic mass is 127. The third kappa shape index (κ3) is 7.02. The first kappa shape index (κ1) is 26.3. The molecule has 0 saturated carbocycles. The molecule has 9 heteroatoms. The summed E-state index contributed by atoms with van der Waals surface area (Å²) in [4.78, 5) is 29.0. The lowest BCUT2D eigenvalue weighted by Crippen LogP contribution is -2.57. The number of hydrogen-bond donors (Lipinski definition) is 1. The SMILES string of the molecule is CCNC(=NCc1csc(C(C)(C)C)n1)N1CCN(C(C)C(=O)N2CCCC2)CC1.I. The topological polar surface area (TPSA) is 64.1 Å². The van der Waals surface area contributed by atoms with Crippen molar-refractivity contribution in [2.75, 3.05) is 45.8 Å². The summed E-state index contributed by atoms with van der Waals surface area (Å²) < 4.78 is 0. The summed E-state index contributed by atoms with van der Waals surface area (Å²) in [7, 11) is 0. The number of likely N-dealkylation sites (tertiary alicyclic amines) is 1. The van der Waals surface area contributed by atoms with Gasteiger partial charge in [0.1, 0.15) is 0 Å². The van der Waals surface area contributed by atoms with Crippen molar-refractivity contribution in [2.24, 2.45) is 4.99 Å². The molecule has 1 aromatic heterocycles. The Morgan fingerprint density at radius 1 is 1.16 bits per heavy atom. The maximum absolute atomic E-state index is 12.7. The van der Waals surface area contributed by atoms with Crippen LogP contribution in [0.3, 0.4) is 0 Å². The molecule has 2 saturated heterocycles. The average molecular weight is 563 g/mol. The number of aromatic nitrogens is 1. The molecule has 1 aromatic rings. The molecule has 3 heterocycles. The number of guanidine groups is 1. The van der Waals surface area contributed by atoms with E-state index in [4.69, 9.17) is 9.98 Å². The van der Waals surface area contributed by atoms with Crippen molar-refractivity contribution >= 4 is 47.2 Å². The van der Waals surface area contributed by atoms with Crippen LogP contribution in [0.5, 0.6) is 0 Å². The molecule has 1 amide bonds. The summed E-state index contributed by atoms with van der Waals surface area (Å²) in [6, 6.07) is -0.0319. The van der Waals surface area contributed by atoms with Gasteiger partial charge in [0.05, 0.1) is 23.3 Å². The highest BCUT2D eigenvalue weighted by molar-refractivity contribution is 14.0. The average Bonchev–Trinajstić information content (AvgIpc) is 3.42. The Bertz CT molecular complexity index is 733. The number of thiazole rings is 1. The zero-order chi connectivity index (χ0) is 21.7. The van der Waals surface area contributed by atoms with E-state index in [1.165, 1.54) is 0 Å². The van der Waals surface area contributed by atoms with E-state index in [9.17, 15) is 4.79 Å². The van der Waals surface area contributed by atoms with Crippen molar-refractivity contribution in [3.05, 3.63) is 16.1 Å². The van der Waals surface area contributed by atoms with Crippen LogP contribution in [-0.4, -0.2) is 83.4 Å². The van der Waals surface area contributed by atoms with Crippen molar-refractivity contribution in [3.8, 4) is 0 Å². The second-order valence-corrected chi connectivity index (χ2v) is 10.2. The van der Waals surface area contributed by atoms with Crippen molar-refractivity contribution in [1.82, 2.24) is 25.0 Å². The van der Waals surface area contributed by atoms with Gasteiger partial charge in [0.25, 0.3) is 0 Å². The fourth-order valence-electron chi connectivity index (χ4n) is 3.98. The van der Waals surface area contributed by atoms with Crippen LogP contribution in [0.1, 0.15) is 58.2 Å². The molecule has 0 radical (unpaired) electrons. The highest BCUT2D eigenvalue weighted by Gasteiger charge is 2.30. The normalized spacial score (nSPS) is 19.3. The first-order valence-electron chi connectivity index (χ1n) is 11.3. The van der Waals surface area contributed by atoms with E-state index >= 15 is 0 Å². The van der Waals surface area contributed by atoms with Crippen LogP contribution >= 0.6 is 35.3 Å². The van der Waals surface area contributed by atoms with Crippen LogP contribution in [0.15, 0.2) is 10.4 Å². The van der Waals surface area contributed by atoms with Crippen molar-refractivity contribution in [2.45, 2.75) is 65.5 Å². The van der Waals surface area contributed by atoms with Crippen LogP contribution in [0.25, 0.3) is 0 Å². The molecule has 0 bridgehead atoms. The molecule has 2 fully saturated rings. The maximum atomic E-state index is 12.7. The number of piperazine rings is 1. The Morgan fingerprint density at radius 3 is 2.35 bits per heavy atom. The zero-order valence-electron chi connectivity index (χ0n) is 19.7. The zero-order valence-corrected chi connectivity index (χ0v) is 22.8. The lowest BCUT2D eigenvalue weighted by Gasteiger charge is -2.39. The molecule has 1 unspecified atom stereocenters.